The molecule has 0 radical (unpaired) electrons. The molecule has 0 bridgehead atoms. The number of piperidine rings is 1. The number of benzene rings is 1. The molecule has 140 valence electrons. The van der Waals surface area contributed by atoms with Crippen LogP contribution in [0.4, 0.5) is 0 Å². The molecule has 1 aromatic heterocycles. The molecule has 7 heteroatoms. The van der Waals surface area contributed by atoms with Crippen LogP contribution in [0.25, 0.3) is 0 Å². The van der Waals surface area contributed by atoms with Crippen LogP contribution in [0, 0.1) is 0 Å². The molecule has 3 rings (SSSR count). The second kappa shape index (κ2) is 7.55. The molecule has 1 fully saturated rings. The number of nitrogens with one attached hydrogen (secondary N) is 2. The maximum atomic E-state index is 12.5. The van der Waals surface area contributed by atoms with E-state index >= 15 is 0 Å². The van der Waals surface area contributed by atoms with Gasteiger partial charge < -0.3 is 15.3 Å². The highest BCUT2D eigenvalue weighted by Gasteiger charge is 2.22. The zero-order valence-corrected chi connectivity index (χ0v) is 15.6. The fraction of sp³-hybridized carbons (Fsp3) is 0.526. The standard InChI is InChI=1S/C19H27N5O2/c1-19(2,26)18-21-16(22-23-18)11-20-17(25)14-7-4-6-13(10-14)15-8-5-9-24(3)12-15/h4,6-7,10,15,26H,5,8-9,11-12H2,1-3H3,(H,20,25)(H,21,22,23). The van der Waals surface area contributed by atoms with Crippen molar-refractivity contribution in [2.45, 2.75) is 44.8 Å². The van der Waals surface area contributed by atoms with Gasteiger partial charge in [0.05, 0.1) is 6.54 Å². The number of aromatic amines is 1. The second-order valence-corrected chi connectivity index (χ2v) is 7.57. The van der Waals surface area contributed by atoms with Crippen molar-refractivity contribution in [2.24, 2.45) is 0 Å². The van der Waals surface area contributed by atoms with E-state index < -0.39 is 5.60 Å². The Morgan fingerprint density at radius 1 is 1.46 bits per heavy atom. The first-order valence-corrected chi connectivity index (χ1v) is 9.04. The van der Waals surface area contributed by atoms with Crippen LogP contribution < -0.4 is 5.32 Å². The lowest BCUT2D eigenvalue weighted by Crippen LogP contribution is -2.31. The van der Waals surface area contributed by atoms with Gasteiger partial charge in [-0.1, -0.05) is 12.1 Å². The average Bonchev–Trinajstić information content (AvgIpc) is 3.09. The summed E-state index contributed by atoms with van der Waals surface area (Å²) in [6.45, 7) is 5.64. The van der Waals surface area contributed by atoms with E-state index in [1.807, 2.05) is 18.2 Å². The van der Waals surface area contributed by atoms with Gasteiger partial charge in [0.1, 0.15) is 11.4 Å². The number of amides is 1. The SMILES string of the molecule is CN1CCCC(c2cccc(C(=O)NCc3nc(C(C)(C)O)n[nH]3)c2)C1. The summed E-state index contributed by atoms with van der Waals surface area (Å²) < 4.78 is 0. The van der Waals surface area contributed by atoms with Gasteiger partial charge in [0.2, 0.25) is 0 Å². The van der Waals surface area contributed by atoms with Gasteiger partial charge in [0.25, 0.3) is 5.91 Å². The maximum Gasteiger partial charge on any atom is 0.251 e. The van der Waals surface area contributed by atoms with Crippen molar-refractivity contribution < 1.29 is 9.90 Å². The summed E-state index contributed by atoms with van der Waals surface area (Å²) in [6.07, 6.45) is 2.35. The minimum atomic E-state index is -1.11. The summed E-state index contributed by atoms with van der Waals surface area (Å²) in [6, 6.07) is 7.86. The molecule has 7 nitrogen and oxygen atoms in total. The van der Waals surface area contributed by atoms with E-state index in [2.05, 4.69) is 38.5 Å². The highest BCUT2D eigenvalue weighted by atomic mass is 16.3. The van der Waals surface area contributed by atoms with E-state index in [1.54, 1.807) is 13.8 Å². The van der Waals surface area contributed by atoms with Gasteiger partial charge in [-0.2, -0.15) is 5.10 Å². The Labute approximate surface area is 153 Å². The largest absolute Gasteiger partial charge is 0.382 e. The zero-order chi connectivity index (χ0) is 18.7. The van der Waals surface area contributed by atoms with E-state index in [9.17, 15) is 9.90 Å². The van der Waals surface area contributed by atoms with Crippen molar-refractivity contribution in [1.29, 1.82) is 0 Å². The molecule has 1 atom stereocenters. The third-order valence-corrected chi connectivity index (χ3v) is 4.74. The Kier molecular flexibility index (Phi) is 5.38. The van der Waals surface area contributed by atoms with Gasteiger partial charge in [-0.05, 0) is 63.9 Å². The number of aromatic nitrogens is 3. The minimum Gasteiger partial charge on any atom is -0.382 e. The number of carbonyl (C=O) groups is 1. The molecule has 1 aliphatic rings. The zero-order valence-electron chi connectivity index (χ0n) is 15.6. The number of aliphatic hydroxyl groups is 1. The fourth-order valence-electron chi connectivity index (χ4n) is 3.29. The van der Waals surface area contributed by atoms with Gasteiger partial charge in [0, 0.05) is 12.1 Å². The monoisotopic (exact) mass is 357 g/mol. The van der Waals surface area contributed by atoms with Crippen LogP contribution in [-0.2, 0) is 12.1 Å². The molecule has 1 aliphatic heterocycles. The third-order valence-electron chi connectivity index (χ3n) is 4.74. The molecular formula is C19H27N5O2. The summed E-state index contributed by atoms with van der Waals surface area (Å²) >= 11 is 0. The highest BCUT2D eigenvalue weighted by Crippen LogP contribution is 2.26. The average molecular weight is 357 g/mol. The lowest BCUT2D eigenvalue weighted by molar-refractivity contribution is 0.0690. The molecule has 26 heavy (non-hydrogen) atoms. The van der Waals surface area contributed by atoms with E-state index in [-0.39, 0.29) is 12.5 Å². The Bertz CT molecular complexity index is 765. The number of rotatable bonds is 5. The maximum absolute atomic E-state index is 12.5. The van der Waals surface area contributed by atoms with Crippen LogP contribution in [-0.4, -0.2) is 51.2 Å². The smallest absolute Gasteiger partial charge is 0.251 e. The minimum absolute atomic E-state index is 0.141. The molecule has 0 saturated carbocycles. The summed E-state index contributed by atoms with van der Waals surface area (Å²) in [5.74, 6) is 1.16. The lowest BCUT2D eigenvalue weighted by atomic mass is 9.90. The van der Waals surface area contributed by atoms with Gasteiger partial charge in [-0.15, -0.1) is 0 Å². The van der Waals surface area contributed by atoms with Crippen molar-refractivity contribution in [3.63, 3.8) is 0 Å². The van der Waals surface area contributed by atoms with Crippen molar-refractivity contribution in [2.75, 3.05) is 20.1 Å². The summed E-state index contributed by atoms with van der Waals surface area (Å²) in [7, 11) is 2.14. The number of hydrogen-bond donors (Lipinski definition) is 3. The first-order valence-electron chi connectivity index (χ1n) is 9.04. The summed E-state index contributed by atoms with van der Waals surface area (Å²) in [5.41, 5.74) is 0.756. The Morgan fingerprint density at radius 3 is 2.96 bits per heavy atom. The van der Waals surface area contributed by atoms with E-state index in [0.29, 0.717) is 23.1 Å². The molecule has 3 N–H and O–H groups in total. The van der Waals surface area contributed by atoms with Crippen LogP contribution in [0.2, 0.25) is 0 Å². The Hall–Kier alpha value is -2.25. The van der Waals surface area contributed by atoms with Crippen LogP contribution in [0.15, 0.2) is 24.3 Å². The molecule has 0 spiro atoms. The number of carbonyl (C=O) groups excluding carboxylic acids is 1. The van der Waals surface area contributed by atoms with Crippen LogP contribution in [0.1, 0.15) is 60.2 Å². The van der Waals surface area contributed by atoms with E-state index in [0.717, 1.165) is 19.5 Å². The topological polar surface area (TPSA) is 94.1 Å². The fourth-order valence-corrected chi connectivity index (χ4v) is 3.29. The number of likely N-dealkylation sites (tertiary alicyclic amines) is 1. The Morgan fingerprint density at radius 2 is 2.27 bits per heavy atom. The van der Waals surface area contributed by atoms with E-state index in [1.165, 1.54) is 12.0 Å². The number of H-pyrrole nitrogens is 1. The second-order valence-electron chi connectivity index (χ2n) is 7.57. The van der Waals surface area contributed by atoms with Gasteiger partial charge >= 0.3 is 0 Å². The molecule has 1 saturated heterocycles. The van der Waals surface area contributed by atoms with Crippen LogP contribution in [0.5, 0.6) is 0 Å². The number of likely N-dealkylation sites (N-methyl/N-ethyl adjacent to an activating group) is 1. The molecule has 2 aromatic rings. The van der Waals surface area contributed by atoms with Crippen LogP contribution in [0.3, 0.4) is 0 Å². The quantitative estimate of drug-likeness (QED) is 0.758. The summed E-state index contributed by atoms with van der Waals surface area (Å²) in [5, 5.41) is 19.5. The number of nitrogens with zero attached hydrogens (tertiary/aromatic N) is 3. The first-order chi connectivity index (χ1) is 12.3. The van der Waals surface area contributed by atoms with Crippen molar-refractivity contribution in [3.8, 4) is 0 Å². The van der Waals surface area contributed by atoms with Crippen molar-refractivity contribution in [3.05, 3.63) is 47.0 Å². The lowest BCUT2D eigenvalue weighted by Gasteiger charge is -2.30. The van der Waals surface area contributed by atoms with Gasteiger partial charge in [-0.25, -0.2) is 4.98 Å². The van der Waals surface area contributed by atoms with Gasteiger partial charge in [0.15, 0.2) is 5.82 Å². The predicted octanol–water partition coefficient (Wildman–Crippen LogP) is 1.77. The van der Waals surface area contributed by atoms with Crippen molar-refractivity contribution in [1.82, 2.24) is 25.4 Å². The predicted molar refractivity (Wildman–Crippen MR) is 98.7 cm³/mol. The van der Waals surface area contributed by atoms with Gasteiger partial charge in [-0.3, -0.25) is 9.89 Å². The van der Waals surface area contributed by atoms with Crippen LogP contribution >= 0.6 is 0 Å². The molecular weight excluding hydrogens is 330 g/mol. The number of hydrogen-bond acceptors (Lipinski definition) is 5. The summed E-state index contributed by atoms with van der Waals surface area (Å²) in [4.78, 5) is 19.0. The molecule has 1 aromatic carbocycles. The molecule has 1 amide bonds. The highest BCUT2D eigenvalue weighted by molar-refractivity contribution is 5.94. The van der Waals surface area contributed by atoms with E-state index in [4.69, 9.17) is 0 Å². The third kappa shape index (κ3) is 4.47. The molecule has 2 heterocycles. The first kappa shape index (κ1) is 18.5. The molecule has 1 unspecified atom stereocenters. The molecule has 0 aliphatic carbocycles. The normalized spacial score (nSPS) is 18.7. The Balaban J connectivity index is 1.63. The van der Waals surface area contributed by atoms with Crippen molar-refractivity contribution >= 4 is 5.91 Å².